The van der Waals surface area contributed by atoms with Crippen LogP contribution in [0.4, 0.5) is 5.69 Å². The van der Waals surface area contributed by atoms with Gasteiger partial charge in [-0.05, 0) is 25.0 Å². The van der Waals surface area contributed by atoms with Gasteiger partial charge in [-0.1, -0.05) is 11.6 Å². The first-order valence-electron chi connectivity index (χ1n) is 5.76. The second-order valence-electron chi connectivity index (χ2n) is 4.36. The molecule has 0 aliphatic carbocycles. The normalized spacial score (nSPS) is 19.2. The molecule has 1 aromatic heterocycles. The lowest BCUT2D eigenvalue weighted by Crippen LogP contribution is -2.40. The van der Waals surface area contributed by atoms with Gasteiger partial charge in [-0.15, -0.1) is 0 Å². The van der Waals surface area contributed by atoms with Crippen LogP contribution in [-0.2, 0) is 9.59 Å². The summed E-state index contributed by atoms with van der Waals surface area (Å²) in [6.45, 7) is 2.22. The monoisotopic (exact) mass is 267 g/mol. The van der Waals surface area contributed by atoms with Crippen molar-refractivity contribution in [3.63, 3.8) is 0 Å². The number of carbonyl (C=O) groups excluding carboxylic acids is 2. The fourth-order valence-electron chi connectivity index (χ4n) is 1.83. The first kappa shape index (κ1) is 12.8. The van der Waals surface area contributed by atoms with E-state index in [4.69, 9.17) is 11.6 Å². The summed E-state index contributed by atoms with van der Waals surface area (Å²) >= 11 is 5.81. The number of aryl methyl sites for hydroxylation is 1. The van der Waals surface area contributed by atoms with Crippen molar-refractivity contribution in [3.05, 3.63) is 23.0 Å². The molecule has 0 aromatic carbocycles. The van der Waals surface area contributed by atoms with Crippen LogP contribution >= 0.6 is 11.6 Å². The van der Waals surface area contributed by atoms with Gasteiger partial charge < -0.3 is 10.6 Å². The Bertz CT molecular complexity index is 480. The molecule has 1 unspecified atom stereocenters. The minimum atomic E-state index is -0.182. The predicted molar refractivity (Wildman–Crippen MR) is 68.3 cm³/mol. The van der Waals surface area contributed by atoms with Gasteiger partial charge in [0.05, 0.1) is 17.8 Å². The average Bonchev–Trinajstić information content (AvgIpc) is 2.34. The highest BCUT2D eigenvalue weighted by Gasteiger charge is 2.24. The zero-order valence-corrected chi connectivity index (χ0v) is 10.8. The lowest BCUT2D eigenvalue weighted by Gasteiger charge is -2.21. The minimum Gasteiger partial charge on any atom is -0.355 e. The van der Waals surface area contributed by atoms with E-state index in [1.807, 2.05) is 6.92 Å². The Labute approximate surface area is 110 Å². The first-order chi connectivity index (χ1) is 8.56. The maximum Gasteiger partial charge on any atom is 0.229 e. The van der Waals surface area contributed by atoms with E-state index >= 15 is 0 Å². The fourth-order valence-corrected chi connectivity index (χ4v) is 1.93. The van der Waals surface area contributed by atoms with Crippen LogP contribution in [0.3, 0.4) is 0 Å². The zero-order chi connectivity index (χ0) is 13.1. The van der Waals surface area contributed by atoms with Crippen molar-refractivity contribution in [2.45, 2.75) is 19.8 Å². The van der Waals surface area contributed by atoms with Crippen LogP contribution in [0.2, 0.25) is 5.15 Å². The first-order valence-corrected chi connectivity index (χ1v) is 6.14. The molecule has 0 spiro atoms. The van der Waals surface area contributed by atoms with Gasteiger partial charge in [0, 0.05) is 13.0 Å². The van der Waals surface area contributed by atoms with E-state index < -0.39 is 0 Å². The molecule has 1 aliphatic rings. The number of hydrogen-bond acceptors (Lipinski definition) is 3. The summed E-state index contributed by atoms with van der Waals surface area (Å²) in [5.41, 5.74) is 1.44. The Balaban J connectivity index is 1.98. The Hall–Kier alpha value is -1.62. The van der Waals surface area contributed by atoms with E-state index in [1.165, 1.54) is 6.20 Å². The minimum absolute atomic E-state index is 0.00283. The van der Waals surface area contributed by atoms with Crippen LogP contribution in [-0.4, -0.2) is 23.3 Å². The number of pyridine rings is 1. The molecule has 96 valence electrons. The topological polar surface area (TPSA) is 71.1 Å². The number of carbonyl (C=O) groups is 2. The Kier molecular flexibility index (Phi) is 3.81. The summed E-state index contributed by atoms with van der Waals surface area (Å²) < 4.78 is 0. The molecule has 0 radical (unpaired) electrons. The number of nitrogens with one attached hydrogen (secondary N) is 2. The number of aromatic nitrogens is 1. The second-order valence-corrected chi connectivity index (χ2v) is 4.72. The molecule has 2 heterocycles. The van der Waals surface area contributed by atoms with Gasteiger partial charge in [0.15, 0.2) is 0 Å². The maximum absolute atomic E-state index is 11.9. The molecule has 5 nitrogen and oxygen atoms in total. The van der Waals surface area contributed by atoms with Gasteiger partial charge in [0.2, 0.25) is 11.8 Å². The van der Waals surface area contributed by atoms with Gasteiger partial charge in [0.25, 0.3) is 0 Å². The number of anilines is 1. The smallest absolute Gasteiger partial charge is 0.229 e. The number of nitrogens with zero attached hydrogens (tertiary/aromatic N) is 1. The maximum atomic E-state index is 11.9. The van der Waals surface area contributed by atoms with Gasteiger partial charge >= 0.3 is 0 Å². The lowest BCUT2D eigenvalue weighted by atomic mass is 9.98. The highest BCUT2D eigenvalue weighted by atomic mass is 35.5. The van der Waals surface area contributed by atoms with E-state index in [0.717, 1.165) is 5.56 Å². The standard InChI is InChI=1S/C12H14ClN3O2/c1-7-4-9(6-15-11(7)13)16-12(18)8-2-3-10(17)14-5-8/h4,6,8H,2-3,5H2,1H3,(H,14,17)(H,16,18). The highest BCUT2D eigenvalue weighted by molar-refractivity contribution is 6.30. The number of rotatable bonds is 2. The predicted octanol–water partition coefficient (Wildman–Crippen LogP) is 1.51. The van der Waals surface area contributed by atoms with Crippen molar-refractivity contribution >= 4 is 29.1 Å². The summed E-state index contributed by atoms with van der Waals surface area (Å²) in [5, 5.41) is 5.89. The summed E-state index contributed by atoms with van der Waals surface area (Å²) in [6.07, 6.45) is 2.50. The third-order valence-corrected chi connectivity index (χ3v) is 3.31. The number of piperidine rings is 1. The molecular formula is C12H14ClN3O2. The summed E-state index contributed by atoms with van der Waals surface area (Å²) in [6, 6.07) is 1.77. The zero-order valence-electron chi connectivity index (χ0n) is 10.00. The molecule has 0 saturated carbocycles. The van der Waals surface area contributed by atoms with Crippen molar-refractivity contribution in [3.8, 4) is 0 Å². The third-order valence-electron chi connectivity index (χ3n) is 2.92. The van der Waals surface area contributed by atoms with E-state index in [9.17, 15) is 9.59 Å². The van der Waals surface area contributed by atoms with Crippen LogP contribution in [0.1, 0.15) is 18.4 Å². The molecule has 2 amide bonds. The fraction of sp³-hybridized carbons (Fsp3) is 0.417. The average molecular weight is 268 g/mol. The van der Waals surface area contributed by atoms with Crippen LogP contribution < -0.4 is 10.6 Å². The van der Waals surface area contributed by atoms with E-state index in [2.05, 4.69) is 15.6 Å². The SMILES string of the molecule is Cc1cc(NC(=O)C2CCC(=O)NC2)cnc1Cl. The number of halogens is 1. The Morgan fingerprint density at radius 3 is 3.00 bits per heavy atom. The molecule has 1 aromatic rings. The quantitative estimate of drug-likeness (QED) is 0.798. The van der Waals surface area contributed by atoms with Crippen LogP contribution in [0.5, 0.6) is 0 Å². The Morgan fingerprint density at radius 1 is 1.61 bits per heavy atom. The van der Waals surface area contributed by atoms with E-state index in [0.29, 0.717) is 30.2 Å². The molecular weight excluding hydrogens is 254 g/mol. The molecule has 1 saturated heterocycles. The van der Waals surface area contributed by atoms with Crippen molar-refractivity contribution in [2.24, 2.45) is 5.92 Å². The van der Waals surface area contributed by atoms with Crippen LogP contribution in [0, 0.1) is 12.8 Å². The van der Waals surface area contributed by atoms with Gasteiger partial charge in [-0.3, -0.25) is 9.59 Å². The van der Waals surface area contributed by atoms with E-state index in [1.54, 1.807) is 6.07 Å². The molecule has 2 rings (SSSR count). The van der Waals surface area contributed by atoms with Gasteiger partial charge in [-0.25, -0.2) is 4.98 Å². The second kappa shape index (κ2) is 5.35. The Morgan fingerprint density at radius 2 is 2.39 bits per heavy atom. The van der Waals surface area contributed by atoms with Crippen molar-refractivity contribution in [1.29, 1.82) is 0 Å². The van der Waals surface area contributed by atoms with Crippen molar-refractivity contribution in [1.82, 2.24) is 10.3 Å². The van der Waals surface area contributed by atoms with Crippen LogP contribution in [0.25, 0.3) is 0 Å². The van der Waals surface area contributed by atoms with Crippen LogP contribution in [0.15, 0.2) is 12.3 Å². The summed E-state index contributed by atoms with van der Waals surface area (Å²) in [5.74, 6) is -0.278. The number of hydrogen-bond donors (Lipinski definition) is 2. The molecule has 1 atom stereocenters. The van der Waals surface area contributed by atoms with Gasteiger partial charge in [0.1, 0.15) is 5.15 Å². The van der Waals surface area contributed by atoms with E-state index in [-0.39, 0.29) is 17.7 Å². The molecule has 1 aliphatic heterocycles. The lowest BCUT2D eigenvalue weighted by molar-refractivity contribution is -0.126. The highest BCUT2D eigenvalue weighted by Crippen LogP contribution is 2.18. The molecule has 6 heteroatoms. The van der Waals surface area contributed by atoms with Gasteiger partial charge in [-0.2, -0.15) is 0 Å². The third kappa shape index (κ3) is 2.98. The molecule has 0 bridgehead atoms. The van der Waals surface area contributed by atoms with Crippen molar-refractivity contribution < 1.29 is 9.59 Å². The summed E-state index contributed by atoms with van der Waals surface area (Å²) in [4.78, 5) is 26.9. The molecule has 2 N–H and O–H groups in total. The largest absolute Gasteiger partial charge is 0.355 e. The van der Waals surface area contributed by atoms with Crippen molar-refractivity contribution in [2.75, 3.05) is 11.9 Å². The molecule has 18 heavy (non-hydrogen) atoms. The molecule has 1 fully saturated rings. The number of amides is 2. The summed E-state index contributed by atoms with van der Waals surface area (Å²) in [7, 11) is 0.